The molecule has 0 aliphatic carbocycles. The molecule has 2 rings (SSSR count). The summed E-state index contributed by atoms with van der Waals surface area (Å²) in [5.41, 5.74) is 0.655. The second-order valence-corrected chi connectivity index (χ2v) is 3.86. The van der Waals surface area contributed by atoms with E-state index in [1.165, 1.54) is 6.07 Å². The number of carboxylic acid groups (broad SMARTS) is 1. The van der Waals surface area contributed by atoms with E-state index in [4.69, 9.17) is 21.1 Å². The Labute approximate surface area is 103 Å². The molecule has 0 fully saturated rings. The lowest BCUT2D eigenvalue weighted by molar-refractivity contribution is 0.0698. The summed E-state index contributed by atoms with van der Waals surface area (Å²) in [6.45, 7) is 0.426. The van der Waals surface area contributed by atoms with E-state index >= 15 is 0 Å². The Kier molecular flexibility index (Phi) is 3.35. The molecule has 4 nitrogen and oxygen atoms in total. The highest BCUT2D eigenvalue weighted by Crippen LogP contribution is 2.21. The van der Waals surface area contributed by atoms with Gasteiger partial charge in [-0.15, -0.1) is 0 Å². The maximum Gasteiger partial charge on any atom is 0.337 e. The molecular weight excluding hydrogens is 242 g/mol. The van der Waals surface area contributed by atoms with Crippen molar-refractivity contribution < 1.29 is 14.3 Å². The fourth-order valence-electron chi connectivity index (χ4n) is 1.44. The van der Waals surface area contributed by atoms with Crippen LogP contribution in [0.25, 0.3) is 0 Å². The van der Waals surface area contributed by atoms with Gasteiger partial charge in [-0.25, -0.2) is 4.79 Å². The van der Waals surface area contributed by atoms with E-state index < -0.39 is 5.97 Å². The van der Waals surface area contributed by atoms with Crippen molar-refractivity contribution in [1.29, 1.82) is 0 Å². The molecule has 0 unspecified atom stereocenters. The molecule has 2 aromatic rings. The number of rotatable bonds is 4. The Morgan fingerprint density at radius 2 is 2.24 bits per heavy atom. The Morgan fingerprint density at radius 3 is 2.88 bits per heavy atom. The minimum absolute atomic E-state index is 0.143. The van der Waals surface area contributed by atoms with Crippen molar-refractivity contribution >= 4 is 23.3 Å². The number of furan rings is 1. The van der Waals surface area contributed by atoms with E-state index in [0.29, 0.717) is 17.3 Å². The molecule has 1 aromatic heterocycles. The molecule has 1 heterocycles. The topological polar surface area (TPSA) is 62.5 Å². The number of halogens is 1. The summed E-state index contributed by atoms with van der Waals surface area (Å²) >= 11 is 5.75. The number of aromatic carboxylic acids is 1. The number of nitrogens with one attached hydrogen (secondary N) is 1. The van der Waals surface area contributed by atoms with Gasteiger partial charge in [0.2, 0.25) is 0 Å². The number of hydrogen-bond acceptors (Lipinski definition) is 3. The second kappa shape index (κ2) is 4.93. The normalized spacial score (nSPS) is 10.2. The predicted molar refractivity (Wildman–Crippen MR) is 64.4 cm³/mol. The van der Waals surface area contributed by atoms with Gasteiger partial charge in [0.1, 0.15) is 5.76 Å². The maximum atomic E-state index is 11.0. The molecule has 0 bridgehead atoms. The summed E-state index contributed by atoms with van der Waals surface area (Å²) in [6.07, 6.45) is 1.57. The van der Waals surface area contributed by atoms with Crippen LogP contribution >= 0.6 is 11.6 Å². The first-order valence-electron chi connectivity index (χ1n) is 4.96. The van der Waals surface area contributed by atoms with Crippen molar-refractivity contribution in [1.82, 2.24) is 0 Å². The second-order valence-electron chi connectivity index (χ2n) is 3.43. The van der Waals surface area contributed by atoms with Crippen LogP contribution < -0.4 is 5.32 Å². The third-order valence-corrected chi connectivity index (χ3v) is 2.48. The highest BCUT2D eigenvalue weighted by Gasteiger charge is 2.10. The zero-order valence-electron chi connectivity index (χ0n) is 8.81. The lowest BCUT2D eigenvalue weighted by Gasteiger charge is -2.08. The van der Waals surface area contributed by atoms with E-state index in [9.17, 15) is 4.79 Å². The van der Waals surface area contributed by atoms with Gasteiger partial charge in [0.25, 0.3) is 0 Å². The smallest absolute Gasteiger partial charge is 0.337 e. The number of carboxylic acids is 1. The molecule has 0 saturated carbocycles. The summed E-state index contributed by atoms with van der Waals surface area (Å²) in [5, 5.41) is 12.4. The molecular formula is C12H10ClNO3. The third kappa shape index (κ3) is 2.79. The molecule has 0 radical (unpaired) electrons. The van der Waals surface area contributed by atoms with Crippen molar-refractivity contribution in [2.75, 3.05) is 5.32 Å². The van der Waals surface area contributed by atoms with Crippen molar-refractivity contribution in [3.63, 3.8) is 0 Å². The zero-order valence-corrected chi connectivity index (χ0v) is 9.57. The van der Waals surface area contributed by atoms with Crippen LogP contribution in [0, 0.1) is 0 Å². The Hall–Kier alpha value is -1.94. The monoisotopic (exact) mass is 251 g/mol. The molecule has 5 heteroatoms. The Balaban J connectivity index is 2.17. The lowest BCUT2D eigenvalue weighted by Crippen LogP contribution is -2.05. The average Bonchev–Trinajstić information content (AvgIpc) is 2.80. The van der Waals surface area contributed by atoms with Crippen LogP contribution in [0.1, 0.15) is 16.1 Å². The van der Waals surface area contributed by atoms with Crippen molar-refractivity contribution in [2.24, 2.45) is 0 Å². The number of benzene rings is 1. The summed E-state index contributed by atoms with van der Waals surface area (Å²) in [7, 11) is 0. The van der Waals surface area contributed by atoms with Gasteiger partial charge in [0.05, 0.1) is 18.4 Å². The zero-order chi connectivity index (χ0) is 12.3. The van der Waals surface area contributed by atoms with Crippen molar-refractivity contribution in [2.45, 2.75) is 6.54 Å². The van der Waals surface area contributed by atoms with Gasteiger partial charge in [-0.1, -0.05) is 11.6 Å². The van der Waals surface area contributed by atoms with Gasteiger partial charge in [-0.2, -0.15) is 0 Å². The highest BCUT2D eigenvalue weighted by atomic mass is 35.5. The minimum atomic E-state index is -1.02. The van der Waals surface area contributed by atoms with Gasteiger partial charge in [0.15, 0.2) is 0 Å². The fraction of sp³-hybridized carbons (Fsp3) is 0.0833. The van der Waals surface area contributed by atoms with Gasteiger partial charge < -0.3 is 14.8 Å². The van der Waals surface area contributed by atoms with E-state index in [-0.39, 0.29) is 5.56 Å². The molecule has 0 saturated heterocycles. The minimum Gasteiger partial charge on any atom is -0.478 e. The standard InChI is InChI=1S/C12H10ClNO3/c13-8-3-4-11(10(6-8)12(15)16)14-7-9-2-1-5-17-9/h1-6,14H,7H2,(H,15,16). The SMILES string of the molecule is O=C(O)c1cc(Cl)ccc1NCc1ccco1. The molecule has 0 aliphatic rings. The quantitative estimate of drug-likeness (QED) is 0.876. The van der Waals surface area contributed by atoms with Crippen LogP contribution in [0.2, 0.25) is 5.02 Å². The van der Waals surface area contributed by atoms with Crippen molar-refractivity contribution in [3.8, 4) is 0 Å². The molecule has 88 valence electrons. The Bertz CT molecular complexity index is 523. The number of hydrogen-bond donors (Lipinski definition) is 2. The summed E-state index contributed by atoms with van der Waals surface area (Å²) in [6, 6.07) is 8.27. The van der Waals surface area contributed by atoms with Crippen LogP contribution in [-0.2, 0) is 6.54 Å². The first-order valence-corrected chi connectivity index (χ1v) is 5.33. The molecule has 0 atom stereocenters. The van der Waals surface area contributed by atoms with E-state index in [1.807, 2.05) is 6.07 Å². The number of anilines is 1. The molecule has 1 aromatic carbocycles. The summed E-state index contributed by atoms with van der Waals surface area (Å²) in [4.78, 5) is 11.0. The predicted octanol–water partition coefficient (Wildman–Crippen LogP) is 3.24. The number of carbonyl (C=O) groups is 1. The first kappa shape index (κ1) is 11.5. The molecule has 0 amide bonds. The molecule has 17 heavy (non-hydrogen) atoms. The highest BCUT2D eigenvalue weighted by molar-refractivity contribution is 6.31. The van der Waals surface area contributed by atoms with Crippen molar-refractivity contribution in [3.05, 3.63) is 52.9 Å². The molecule has 0 aliphatic heterocycles. The summed E-state index contributed by atoms with van der Waals surface area (Å²) < 4.78 is 5.14. The van der Waals surface area contributed by atoms with E-state index in [2.05, 4.69) is 5.32 Å². The molecule has 2 N–H and O–H groups in total. The Morgan fingerprint density at radius 1 is 1.41 bits per heavy atom. The van der Waals surface area contributed by atoms with E-state index in [1.54, 1.807) is 24.5 Å². The fourth-order valence-corrected chi connectivity index (χ4v) is 1.62. The van der Waals surface area contributed by atoms with Gasteiger partial charge in [-0.3, -0.25) is 0 Å². The van der Waals surface area contributed by atoms with Crippen LogP contribution in [0.15, 0.2) is 41.0 Å². The van der Waals surface area contributed by atoms with Crippen LogP contribution in [0.4, 0.5) is 5.69 Å². The average molecular weight is 252 g/mol. The van der Waals surface area contributed by atoms with E-state index in [0.717, 1.165) is 5.76 Å². The summed E-state index contributed by atoms with van der Waals surface area (Å²) in [5.74, 6) is -0.286. The van der Waals surface area contributed by atoms with Gasteiger partial charge >= 0.3 is 5.97 Å². The van der Waals surface area contributed by atoms with Gasteiger partial charge in [0, 0.05) is 10.7 Å². The van der Waals surface area contributed by atoms with Crippen LogP contribution in [0.3, 0.4) is 0 Å². The third-order valence-electron chi connectivity index (χ3n) is 2.25. The maximum absolute atomic E-state index is 11.0. The van der Waals surface area contributed by atoms with Crippen LogP contribution in [-0.4, -0.2) is 11.1 Å². The molecule has 0 spiro atoms. The first-order chi connectivity index (χ1) is 8.16. The largest absolute Gasteiger partial charge is 0.478 e. The van der Waals surface area contributed by atoms with Crippen LogP contribution in [0.5, 0.6) is 0 Å². The van der Waals surface area contributed by atoms with Gasteiger partial charge in [-0.05, 0) is 30.3 Å². The lowest BCUT2D eigenvalue weighted by atomic mass is 10.2.